The van der Waals surface area contributed by atoms with Gasteiger partial charge in [-0.25, -0.2) is 0 Å². The van der Waals surface area contributed by atoms with E-state index >= 15 is 0 Å². The summed E-state index contributed by atoms with van der Waals surface area (Å²) in [5.41, 5.74) is 0. The molecule has 2 N–H and O–H groups in total. The lowest BCUT2D eigenvalue weighted by Gasteiger charge is -2.27. The SMILES string of the molecule is CCNC(=NCC1CCCCC1C)NCCn1cnnc1CC.I. The average molecular weight is 448 g/mol. The minimum atomic E-state index is 0. The number of halogens is 1. The molecule has 2 atom stereocenters. The Hall–Kier alpha value is -0.860. The van der Waals surface area contributed by atoms with E-state index in [1.807, 2.05) is 0 Å². The van der Waals surface area contributed by atoms with E-state index in [1.54, 1.807) is 6.33 Å². The zero-order valence-corrected chi connectivity index (χ0v) is 17.6. The van der Waals surface area contributed by atoms with Crippen LogP contribution in [0.25, 0.3) is 0 Å². The number of nitrogens with one attached hydrogen (secondary N) is 2. The number of nitrogens with zero attached hydrogens (tertiary/aromatic N) is 4. The number of hydrogen-bond acceptors (Lipinski definition) is 3. The summed E-state index contributed by atoms with van der Waals surface area (Å²) < 4.78 is 2.10. The monoisotopic (exact) mass is 448 g/mol. The first-order chi connectivity index (χ1) is 11.2. The van der Waals surface area contributed by atoms with Crippen LogP contribution in [0.1, 0.15) is 52.3 Å². The van der Waals surface area contributed by atoms with Gasteiger partial charge in [-0.2, -0.15) is 0 Å². The van der Waals surface area contributed by atoms with E-state index < -0.39 is 0 Å². The zero-order valence-electron chi connectivity index (χ0n) is 15.3. The smallest absolute Gasteiger partial charge is 0.191 e. The summed E-state index contributed by atoms with van der Waals surface area (Å²) in [5.74, 6) is 3.50. The Morgan fingerprint density at radius 3 is 2.79 bits per heavy atom. The molecule has 138 valence electrons. The quantitative estimate of drug-likeness (QED) is 0.383. The summed E-state index contributed by atoms with van der Waals surface area (Å²) in [6.07, 6.45) is 8.14. The topological polar surface area (TPSA) is 67.1 Å². The molecule has 24 heavy (non-hydrogen) atoms. The van der Waals surface area contributed by atoms with E-state index in [1.165, 1.54) is 25.7 Å². The third-order valence-corrected chi connectivity index (χ3v) is 4.77. The Morgan fingerprint density at radius 1 is 1.29 bits per heavy atom. The van der Waals surface area contributed by atoms with Crippen molar-refractivity contribution in [2.75, 3.05) is 19.6 Å². The van der Waals surface area contributed by atoms with Crippen LogP contribution in [-0.4, -0.2) is 40.4 Å². The van der Waals surface area contributed by atoms with Crippen molar-refractivity contribution in [3.63, 3.8) is 0 Å². The van der Waals surface area contributed by atoms with Crippen molar-refractivity contribution in [2.45, 2.75) is 59.4 Å². The fraction of sp³-hybridized carbons (Fsp3) is 0.824. The second kappa shape index (κ2) is 11.7. The molecule has 6 nitrogen and oxygen atoms in total. The summed E-state index contributed by atoms with van der Waals surface area (Å²) in [6, 6.07) is 0. The molecule has 1 aromatic rings. The second-order valence-electron chi connectivity index (χ2n) is 6.46. The highest BCUT2D eigenvalue weighted by molar-refractivity contribution is 14.0. The van der Waals surface area contributed by atoms with Gasteiger partial charge in [-0.3, -0.25) is 4.99 Å². The molecule has 0 spiro atoms. The van der Waals surface area contributed by atoms with E-state index in [0.29, 0.717) is 0 Å². The van der Waals surface area contributed by atoms with Crippen LogP contribution < -0.4 is 10.6 Å². The highest BCUT2D eigenvalue weighted by atomic mass is 127. The van der Waals surface area contributed by atoms with Crippen molar-refractivity contribution in [3.05, 3.63) is 12.2 Å². The molecule has 0 saturated heterocycles. The van der Waals surface area contributed by atoms with Gasteiger partial charge in [-0.05, 0) is 25.2 Å². The van der Waals surface area contributed by atoms with Gasteiger partial charge in [0.05, 0.1) is 0 Å². The van der Waals surface area contributed by atoms with Crippen LogP contribution in [0.5, 0.6) is 0 Å². The van der Waals surface area contributed by atoms with Gasteiger partial charge in [0.2, 0.25) is 0 Å². The average Bonchev–Trinajstić information content (AvgIpc) is 3.01. The van der Waals surface area contributed by atoms with E-state index in [-0.39, 0.29) is 24.0 Å². The Morgan fingerprint density at radius 2 is 2.08 bits per heavy atom. The summed E-state index contributed by atoms with van der Waals surface area (Å²) in [6.45, 7) is 10.1. The standard InChI is InChI=1S/C17H32N6.HI/c1-4-16-22-21-13-23(16)11-10-19-17(18-5-2)20-12-15-9-7-6-8-14(15)3;/h13-15H,4-12H2,1-3H3,(H2,18,19,20);1H. The van der Waals surface area contributed by atoms with Gasteiger partial charge in [-0.15, -0.1) is 34.2 Å². The molecule has 0 bridgehead atoms. The molecule has 7 heteroatoms. The first-order valence-electron chi connectivity index (χ1n) is 9.13. The predicted molar refractivity (Wildman–Crippen MR) is 110 cm³/mol. The minimum Gasteiger partial charge on any atom is -0.357 e. The molecular formula is C17H33IN6. The maximum Gasteiger partial charge on any atom is 0.191 e. The minimum absolute atomic E-state index is 0. The summed E-state index contributed by atoms with van der Waals surface area (Å²) in [4.78, 5) is 4.80. The molecule has 1 saturated carbocycles. The van der Waals surface area contributed by atoms with Gasteiger partial charge >= 0.3 is 0 Å². The molecule has 1 aliphatic carbocycles. The van der Waals surface area contributed by atoms with Crippen molar-refractivity contribution >= 4 is 29.9 Å². The molecule has 1 aliphatic rings. The normalized spacial score (nSPS) is 21.2. The maximum absolute atomic E-state index is 4.80. The van der Waals surface area contributed by atoms with Crippen molar-refractivity contribution in [1.29, 1.82) is 0 Å². The third kappa shape index (κ3) is 6.57. The highest BCUT2D eigenvalue weighted by Gasteiger charge is 2.20. The van der Waals surface area contributed by atoms with Crippen molar-refractivity contribution < 1.29 is 0 Å². The van der Waals surface area contributed by atoms with Gasteiger partial charge in [0.15, 0.2) is 5.96 Å². The van der Waals surface area contributed by atoms with Crippen LogP contribution >= 0.6 is 24.0 Å². The summed E-state index contributed by atoms with van der Waals surface area (Å²) >= 11 is 0. The maximum atomic E-state index is 4.80. The van der Waals surface area contributed by atoms with Gasteiger partial charge < -0.3 is 15.2 Å². The molecule has 0 amide bonds. The second-order valence-corrected chi connectivity index (χ2v) is 6.46. The molecule has 0 aromatic carbocycles. The fourth-order valence-electron chi connectivity index (χ4n) is 3.25. The molecule has 1 heterocycles. The number of aliphatic imine (C=N–C) groups is 1. The first-order valence-corrected chi connectivity index (χ1v) is 9.13. The van der Waals surface area contributed by atoms with Crippen molar-refractivity contribution in [2.24, 2.45) is 16.8 Å². The first kappa shape index (κ1) is 21.2. The Labute approximate surface area is 163 Å². The molecule has 1 aromatic heterocycles. The van der Waals surface area contributed by atoms with Crippen LogP contribution in [0.4, 0.5) is 0 Å². The van der Waals surface area contributed by atoms with E-state index in [0.717, 1.165) is 56.2 Å². The molecular weight excluding hydrogens is 415 g/mol. The van der Waals surface area contributed by atoms with E-state index in [4.69, 9.17) is 4.99 Å². The fourth-order valence-corrected chi connectivity index (χ4v) is 3.25. The summed E-state index contributed by atoms with van der Waals surface area (Å²) in [5, 5.41) is 14.9. The molecule has 0 radical (unpaired) electrons. The van der Waals surface area contributed by atoms with Crippen molar-refractivity contribution in [3.8, 4) is 0 Å². The number of aryl methyl sites for hydroxylation is 1. The Bertz CT molecular complexity index is 487. The zero-order chi connectivity index (χ0) is 16.5. The van der Waals surface area contributed by atoms with Gasteiger partial charge in [0.1, 0.15) is 12.2 Å². The third-order valence-electron chi connectivity index (χ3n) is 4.77. The van der Waals surface area contributed by atoms with Crippen LogP contribution in [0.3, 0.4) is 0 Å². The Kier molecular flexibility index (Phi) is 10.3. The lowest BCUT2D eigenvalue weighted by atomic mass is 9.80. The summed E-state index contributed by atoms with van der Waals surface area (Å²) in [7, 11) is 0. The number of aromatic nitrogens is 3. The van der Waals surface area contributed by atoms with Crippen LogP contribution in [0.15, 0.2) is 11.3 Å². The largest absolute Gasteiger partial charge is 0.357 e. The number of rotatable bonds is 7. The van der Waals surface area contributed by atoms with Crippen molar-refractivity contribution in [1.82, 2.24) is 25.4 Å². The molecule has 1 fully saturated rings. The van der Waals surface area contributed by atoms with Crippen LogP contribution in [0, 0.1) is 11.8 Å². The highest BCUT2D eigenvalue weighted by Crippen LogP contribution is 2.29. The number of guanidine groups is 1. The molecule has 2 unspecified atom stereocenters. The lowest BCUT2D eigenvalue weighted by Crippen LogP contribution is -2.39. The van der Waals surface area contributed by atoms with Gasteiger partial charge in [-0.1, -0.05) is 33.1 Å². The number of hydrogen-bond donors (Lipinski definition) is 2. The van der Waals surface area contributed by atoms with Gasteiger partial charge in [0.25, 0.3) is 0 Å². The van der Waals surface area contributed by atoms with E-state index in [9.17, 15) is 0 Å². The van der Waals surface area contributed by atoms with Gasteiger partial charge in [0, 0.05) is 32.6 Å². The van der Waals surface area contributed by atoms with Crippen LogP contribution in [-0.2, 0) is 13.0 Å². The van der Waals surface area contributed by atoms with Crippen LogP contribution in [0.2, 0.25) is 0 Å². The molecule has 2 rings (SSSR count). The van der Waals surface area contributed by atoms with E-state index in [2.05, 4.69) is 46.2 Å². The Balaban J connectivity index is 0.00000288. The predicted octanol–water partition coefficient (Wildman–Crippen LogP) is 2.84. The lowest BCUT2D eigenvalue weighted by molar-refractivity contribution is 0.263. The molecule has 0 aliphatic heterocycles.